The van der Waals surface area contributed by atoms with Gasteiger partial charge in [-0.05, 0) is 31.5 Å². The number of nitrogens with zero attached hydrogens (tertiary/aromatic N) is 1. The first-order valence-corrected chi connectivity index (χ1v) is 5.38. The monoisotopic (exact) mass is 236 g/mol. The van der Waals surface area contributed by atoms with Crippen molar-refractivity contribution >= 4 is 23.2 Å². The first-order valence-electron chi connectivity index (χ1n) is 5.00. The van der Waals surface area contributed by atoms with Crippen LogP contribution in [0.3, 0.4) is 0 Å². The van der Waals surface area contributed by atoms with Crippen molar-refractivity contribution < 1.29 is 4.79 Å². The fourth-order valence-electron chi connectivity index (χ4n) is 1.13. The molecule has 1 rings (SSSR count). The Morgan fingerprint density at radius 1 is 1.62 bits per heavy atom. The second kappa shape index (κ2) is 5.00. The highest BCUT2D eigenvalue weighted by molar-refractivity contribution is 6.30. The van der Waals surface area contributed by atoms with Crippen molar-refractivity contribution in [1.82, 2.24) is 0 Å². The van der Waals surface area contributed by atoms with Crippen molar-refractivity contribution in [2.45, 2.75) is 20.3 Å². The smallest absolute Gasteiger partial charge is 0.244 e. The summed E-state index contributed by atoms with van der Waals surface area (Å²) in [5.74, 6) is -0.306. The van der Waals surface area contributed by atoms with Crippen molar-refractivity contribution in [1.29, 1.82) is 5.26 Å². The lowest BCUT2D eigenvalue weighted by Gasteiger charge is -2.18. The summed E-state index contributed by atoms with van der Waals surface area (Å²) in [6, 6.07) is 8.86. The van der Waals surface area contributed by atoms with Gasteiger partial charge in [0.25, 0.3) is 0 Å². The Kier molecular flexibility index (Phi) is 3.92. The van der Waals surface area contributed by atoms with Gasteiger partial charge >= 0.3 is 0 Å². The molecule has 1 amide bonds. The Hall–Kier alpha value is -1.53. The summed E-state index contributed by atoms with van der Waals surface area (Å²) in [5, 5.41) is 12.2. The molecule has 84 valence electrons. The molecule has 0 saturated carbocycles. The highest BCUT2D eigenvalue weighted by atomic mass is 35.5. The number of carbonyl (C=O) groups excluding carboxylic acids is 1. The van der Waals surface area contributed by atoms with Crippen molar-refractivity contribution in [2.24, 2.45) is 5.41 Å². The third-order valence-corrected chi connectivity index (χ3v) is 2.77. The lowest BCUT2D eigenvalue weighted by atomic mass is 9.88. The number of halogens is 1. The van der Waals surface area contributed by atoms with Gasteiger partial charge in [0.1, 0.15) is 5.41 Å². The molecule has 1 N–H and O–H groups in total. The molecule has 1 aromatic rings. The summed E-state index contributed by atoms with van der Waals surface area (Å²) in [6.07, 6.45) is 0.468. The van der Waals surface area contributed by atoms with Crippen LogP contribution in [0.25, 0.3) is 0 Å². The van der Waals surface area contributed by atoms with E-state index in [4.69, 9.17) is 16.9 Å². The lowest BCUT2D eigenvalue weighted by Crippen LogP contribution is -2.31. The Morgan fingerprint density at radius 2 is 2.31 bits per heavy atom. The van der Waals surface area contributed by atoms with Gasteiger partial charge < -0.3 is 5.32 Å². The third-order valence-electron chi connectivity index (χ3n) is 2.54. The maximum Gasteiger partial charge on any atom is 0.244 e. The van der Waals surface area contributed by atoms with E-state index in [0.29, 0.717) is 17.1 Å². The second-order valence-electron chi connectivity index (χ2n) is 3.76. The van der Waals surface area contributed by atoms with E-state index in [1.165, 1.54) is 0 Å². The molecular formula is C12H13ClN2O. The van der Waals surface area contributed by atoms with Gasteiger partial charge in [-0.25, -0.2) is 0 Å². The molecule has 16 heavy (non-hydrogen) atoms. The number of nitriles is 1. The highest BCUT2D eigenvalue weighted by Gasteiger charge is 2.31. The summed E-state index contributed by atoms with van der Waals surface area (Å²) >= 11 is 5.79. The maximum absolute atomic E-state index is 11.8. The minimum Gasteiger partial charge on any atom is -0.325 e. The van der Waals surface area contributed by atoms with Crippen LogP contribution in [0.15, 0.2) is 24.3 Å². The summed E-state index contributed by atoms with van der Waals surface area (Å²) in [4.78, 5) is 11.8. The normalized spacial score (nSPS) is 13.6. The van der Waals surface area contributed by atoms with Crippen LogP contribution in [0.5, 0.6) is 0 Å². The van der Waals surface area contributed by atoms with Crippen LogP contribution in [0.1, 0.15) is 20.3 Å². The Morgan fingerprint density at radius 3 is 2.81 bits per heavy atom. The molecule has 0 fully saturated rings. The predicted octanol–water partition coefficient (Wildman–Crippen LogP) is 3.22. The summed E-state index contributed by atoms with van der Waals surface area (Å²) in [5.41, 5.74) is -0.394. The van der Waals surface area contributed by atoms with E-state index in [9.17, 15) is 4.79 Å². The number of hydrogen-bond donors (Lipinski definition) is 1. The molecule has 0 radical (unpaired) electrons. The average Bonchev–Trinajstić information content (AvgIpc) is 2.28. The van der Waals surface area contributed by atoms with Crippen LogP contribution in [0.2, 0.25) is 5.02 Å². The predicted molar refractivity (Wildman–Crippen MR) is 64.1 cm³/mol. The van der Waals surface area contributed by atoms with E-state index >= 15 is 0 Å². The third kappa shape index (κ3) is 2.74. The number of anilines is 1. The van der Waals surface area contributed by atoms with Gasteiger partial charge in [0.2, 0.25) is 5.91 Å². The zero-order valence-corrected chi connectivity index (χ0v) is 10.0. The van der Waals surface area contributed by atoms with E-state index < -0.39 is 5.41 Å². The van der Waals surface area contributed by atoms with Crippen LogP contribution in [0.4, 0.5) is 5.69 Å². The molecule has 0 aliphatic heterocycles. The Bertz CT molecular complexity index is 439. The molecule has 0 aliphatic rings. The molecule has 0 aliphatic carbocycles. The topological polar surface area (TPSA) is 52.9 Å². The van der Waals surface area contributed by atoms with Gasteiger partial charge in [-0.15, -0.1) is 0 Å². The minimum atomic E-state index is -0.998. The molecule has 4 heteroatoms. The highest BCUT2D eigenvalue weighted by Crippen LogP contribution is 2.23. The van der Waals surface area contributed by atoms with Crippen LogP contribution in [-0.2, 0) is 4.79 Å². The molecular weight excluding hydrogens is 224 g/mol. The Balaban J connectivity index is 2.83. The zero-order valence-electron chi connectivity index (χ0n) is 9.25. The van der Waals surface area contributed by atoms with Gasteiger partial charge in [-0.2, -0.15) is 5.26 Å². The lowest BCUT2D eigenvalue weighted by molar-refractivity contribution is -0.122. The number of carbonyl (C=O) groups is 1. The molecule has 0 spiro atoms. The molecule has 3 nitrogen and oxygen atoms in total. The summed E-state index contributed by atoms with van der Waals surface area (Å²) < 4.78 is 0. The molecule has 0 bridgehead atoms. The van der Waals surface area contributed by atoms with E-state index in [2.05, 4.69) is 5.32 Å². The molecule has 0 saturated heterocycles. The molecule has 0 heterocycles. The van der Waals surface area contributed by atoms with E-state index in [0.717, 1.165) is 0 Å². The molecule has 1 unspecified atom stereocenters. The Labute approximate surface area is 100 Å². The van der Waals surface area contributed by atoms with Crippen LogP contribution < -0.4 is 5.32 Å². The van der Waals surface area contributed by atoms with Gasteiger partial charge in [0, 0.05) is 10.7 Å². The quantitative estimate of drug-likeness (QED) is 0.876. The SMILES string of the molecule is CCC(C)(C#N)C(=O)Nc1cccc(Cl)c1. The second-order valence-corrected chi connectivity index (χ2v) is 4.20. The maximum atomic E-state index is 11.8. The largest absolute Gasteiger partial charge is 0.325 e. The number of amides is 1. The van der Waals surface area contributed by atoms with Gasteiger partial charge in [-0.3, -0.25) is 4.79 Å². The standard InChI is InChI=1S/C12H13ClN2O/c1-3-12(2,8-14)11(16)15-10-6-4-5-9(13)7-10/h4-7H,3H2,1-2H3,(H,15,16). The molecule has 1 atom stereocenters. The van der Waals surface area contributed by atoms with Crippen LogP contribution in [-0.4, -0.2) is 5.91 Å². The number of benzene rings is 1. The van der Waals surface area contributed by atoms with E-state index in [-0.39, 0.29) is 5.91 Å². The minimum absolute atomic E-state index is 0.306. The first kappa shape index (κ1) is 12.5. The summed E-state index contributed by atoms with van der Waals surface area (Å²) in [6.45, 7) is 3.42. The zero-order chi connectivity index (χ0) is 12.2. The van der Waals surface area contributed by atoms with E-state index in [1.807, 2.05) is 6.07 Å². The van der Waals surface area contributed by atoms with E-state index in [1.54, 1.807) is 38.1 Å². The number of rotatable bonds is 3. The van der Waals surface area contributed by atoms with Crippen molar-refractivity contribution in [3.63, 3.8) is 0 Å². The van der Waals surface area contributed by atoms with Gasteiger partial charge in [-0.1, -0.05) is 24.6 Å². The number of hydrogen-bond acceptors (Lipinski definition) is 2. The van der Waals surface area contributed by atoms with Crippen molar-refractivity contribution in [3.8, 4) is 6.07 Å². The number of nitrogens with one attached hydrogen (secondary N) is 1. The molecule has 1 aromatic carbocycles. The summed E-state index contributed by atoms with van der Waals surface area (Å²) in [7, 11) is 0. The van der Waals surface area contributed by atoms with Crippen LogP contribution in [0, 0.1) is 16.7 Å². The van der Waals surface area contributed by atoms with Gasteiger partial charge in [0.15, 0.2) is 0 Å². The van der Waals surface area contributed by atoms with Crippen molar-refractivity contribution in [2.75, 3.05) is 5.32 Å². The fourth-order valence-corrected chi connectivity index (χ4v) is 1.32. The average molecular weight is 237 g/mol. The van der Waals surface area contributed by atoms with Crippen molar-refractivity contribution in [3.05, 3.63) is 29.3 Å². The van der Waals surface area contributed by atoms with Crippen LogP contribution >= 0.6 is 11.6 Å². The first-order chi connectivity index (χ1) is 7.51. The molecule has 0 aromatic heterocycles. The van der Waals surface area contributed by atoms with Gasteiger partial charge in [0.05, 0.1) is 6.07 Å². The fraction of sp³-hybridized carbons (Fsp3) is 0.333.